The van der Waals surface area contributed by atoms with E-state index < -0.39 is 48.2 Å². The molecule has 0 aromatic carbocycles. The Balaban J connectivity index is 1.64. The van der Waals surface area contributed by atoms with E-state index in [1.807, 2.05) is 6.92 Å². The molecule has 9 heteroatoms. The van der Waals surface area contributed by atoms with Crippen molar-refractivity contribution < 1.29 is 33.3 Å². The standard InChI is InChI=1S/C18H30N2O7/c1-6-7-8-19-10(21)9-20-15(22)13-11-12(25-17(2,3)24-11)14-16(23-13)27-18(4,5)26-14/h11-14,16H,6-9H2,1-5H3,(H,19,21)(H,20,22)/t11-,12+,13+,14-,16-/m1/s1. The summed E-state index contributed by atoms with van der Waals surface area (Å²) in [5, 5.41) is 5.37. The Labute approximate surface area is 159 Å². The average Bonchev–Trinajstić information content (AvgIpc) is 3.06. The number of hydrogen-bond donors (Lipinski definition) is 2. The fourth-order valence-electron chi connectivity index (χ4n) is 3.56. The van der Waals surface area contributed by atoms with Gasteiger partial charge in [0.15, 0.2) is 24.0 Å². The van der Waals surface area contributed by atoms with Gasteiger partial charge in [0.2, 0.25) is 5.91 Å². The Morgan fingerprint density at radius 1 is 0.889 bits per heavy atom. The minimum absolute atomic E-state index is 0.124. The van der Waals surface area contributed by atoms with Crippen molar-refractivity contribution in [2.75, 3.05) is 13.1 Å². The van der Waals surface area contributed by atoms with Gasteiger partial charge in [-0.05, 0) is 34.1 Å². The van der Waals surface area contributed by atoms with Crippen LogP contribution in [0, 0.1) is 0 Å². The number of carbonyl (C=O) groups is 2. The van der Waals surface area contributed by atoms with Crippen molar-refractivity contribution in [3.63, 3.8) is 0 Å². The van der Waals surface area contributed by atoms with E-state index in [1.165, 1.54) is 0 Å². The SMILES string of the molecule is CCCCNC(=O)CNC(=O)[C@H]1O[C@@H]2OC(C)(C)O[C@@H]2[C@H]2OC(C)(C)O[C@H]21. The predicted octanol–water partition coefficient (Wildman–Crippen LogP) is 0.415. The first-order valence-electron chi connectivity index (χ1n) is 9.53. The van der Waals surface area contributed by atoms with Gasteiger partial charge in [0, 0.05) is 6.54 Å². The van der Waals surface area contributed by atoms with Crippen LogP contribution in [0.25, 0.3) is 0 Å². The minimum atomic E-state index is -0.959. The quantitative estimate of drug-likeness (QED) is 0.637. The predicted molar refractivity (Wildman–Crippen MR) is 93.5 cm³/mol. The van der Waals surface area contributed by atoms with Crippen molar-refractivity contribution >= 4 is 11.8 Å². The lowest BCUT2D eigenvalue weighted by molar-refractivity contribution is -0.231. The molecular formula is C18H30N2O7. The highest BCUT2D eigenvalue weighted by molar-refractivity contribution is 5.87. The van der Waals surface area contributed by atoms with Crippen molar-refractivity contribution in [1.29, 1.82) is 0 Å². The van der Waals surface area contributed by atoms with Crippen LogP contribution >= 0.6 is 0 Å². The molecular weight excluding hydrogens is 356 g/mol. The zero-order chi connectivity index (χ0) is 19.8. The van der Waals surface area contributed by atoms with Gasteiger partial charge in [-0.15, -0.1) is 0 Å². The molecule has 0 aromatic heterocycles. The molecule has 3 rings (SSSR count). The molecule has 27 heavy (non-hydrogen) atoms. The molecule has 3 heterocycles. The number of unbranched alkanes of at least 4 members (excludes halogenated alkanes) is 1. The first kappa shape index (κ1) is 20.5. The van der Waals surface area contributed by atoms with Gasteiger partial charge < -0.3 is 34.3 Å². The summed E-state index contributed by atoms with van der Waals surface area (Å²) in [7, 11) is 0. The second-order valence-electron chi connectivity index (χ2n) is 8.01. The summed E-state index contributed by atoms with van der Waals surface area (Å²) >= 11 is 0. The van der Waals surface area contributed by atoms with E-state index >= 15 is 0 Å². The van der Waals surface area contributed by atoms with Crippen LogP contribution in [0.5, 0.6) is 0 Å². The van der Waals surface area contributed by atoms with E-state index in [0.717, 1.165) is 12.8 Å². The second-order valence-corrected chi connectivity index (χ2v) is 8.01. The summed E-state index contributed by atoms with van der Waals surface area (Å²) < 4.78 is 29.4. The summed E-state index contributed by atoms with van der Waals surface area (Å²) in [4.78, 5) is 24.5. The molecule has 3 saturated heterocycles. The molecule has 2 amide bonds. The van der Waals surface area contributed by atoms with Crippen LogP contribution in [-0.2, 0) is 33.3 Å². The highest BCUT2D eigenvalue weighted by Crippen LogP contribution is 2.44. The van der Waals surface area contributed by atoms with Crippen LogP contribution < -0.4 is 10.6 Å². The summed E-state index contributed by atoms with van der Waals surface area (Å²) in [5.74, 6) is -2.41. The zero-order valence-electron chi connectivity index (χ0n) is 16.6. The Bertz CT molecular complexity index is 580. The molecule has 0 saturated carbocycles. The highest BCUT2D eigenvalue weighted by atomic mass is 16.9. The lowest BCUT2D eigenvalue weighted by atomic mass is 9.98. The van der Waals surface area contributed by atoms with Gasteiger partial charge in [-0.1, -0.05) is 13.3 Å². The Hall–Kier alpha value is -1.26. The molecule has 0 bridgehead atoms. The maximum atomic E-state index is 12.7. The van der Waals surface area contributed by atoms with Crippen molar-refractivity contribution in [3.05, 3.63) is 0 Å². The lowest BCUT2D eigenvalue weighted by Gasteiger charge is -2.36. The van der Waals surface area contributed by atoms with Gasteiger partial charge in [-0.25, -0.2) is 0 Å². The summed E-state index contributed by atoms with van der Waals surface area (Å²) in [6.07, 6.45) is -1.47. The first-order valence-corrected chi connectivity index (χ1v) is 9.53. The third kappa shape index (κ3) is 4.60. The van der Waals surface area contributed by atoms with Gasteiger partial charge in [-0.2, -0.15) is 0 Å². The zero-order valence-corrected chi connectivity index (χ0v) is 16.6. The molecule has 2 N–H and O–H groups in total. The second kappa shape index (κ2) is 7.63. The third-order valence-electron chi connectivity index (χ3n) is 4.69. The Morgan fingerprint density at radius 3 is 2.22 bits per heavy atom. The van der Waals surface area contributed by atoms with Crippen LogP contribution in [0.1, 0.15) is 47.5 Å². The van der Waals surface area contributed by atoms with Gasteiger partial charge in [0.05, 0.1) is 6.54 Å². The molecule has 154 valence electrons. The molecule has 0 spiro atoms. The van der Waals surface area contributed by atoms with E-state index in [2.05, 4.69) is 10.6 Å². The Kier molecular flexibility index (Phi) is 5.79. The molecule has 3 aliphatic rings. The number of rotatable bonds is 6. The molecule has 5 atom stereocenters. The summed E-state index contributed by atoms with van der Waals surface area (Å²) in [6.45, 7) is 9.61. The molecule has 0 aromatic rings. The Morgan fingerprint density at radius 2 is 1.52 bits per heavy atom. The third-order valence-corrected chi connectivity index (χ3v) is 4.69. The van der Waals surface area contributed by atoms with Crippen molar-refractivity contribution in [2.24, 2.45) is 0 Å². The lowest BCUT2D eigenvalue weighted by Crippen LogP contribution is -2.60. The fraction of sp³-hybridized carbons (Fsp3) is 0.889. The van der Waals surface area contributed by atoms with Crippen molar-refractivity contribution in [1.82, 2.24) is 10.6 Å². The largest absolute Gasteiger partial charge is 0.355 e. The first-order chi connectivity index (χ1) is 12.6. The summed E-state index contributed by atoms with van der Waals surface area (Å²) in [6, 6.07) is 0. The van der Waals surface area contributed by atoms with Crippen molar-refractivity contribution in [2.45, 2.75) is 89.7 Å². The number of hydrogen-bond acceptors (Lipinski definition) is 7. The van der Waals surface area contributed by atoms with E-state index in [1.54, 1.807) is 27.7 Å². The summed E-state index contributed by atoms with van der Waals surface area (Å²) in [5.41, 5.74) is 0. The maximum absolute atomic E-state index is 12.7. The normalized spacial score (nSPS) is 36.0. The topological polar surface area (TPSA) is 104 Å². The molecule has 3 fully saturated rings. The monoisotopic (exact) mass is 386 g/mol. The number of fused-ring (bicyclic) bond motifs is 3. The molecule has 0 aliphatic carbocycles. The smallest absolute Gasteiger partial charge is 0.252 e. The van der Waals surface area contributed by atoms with Crippen molar-refractivity contribution in [3.8, 4) is 0 Å². The highest BCUT2D eigenvalue weighted by Gasteiger charge is 2.62. The number of carbonyl (C=O) groups excluding carboxylic acids is 2. The number of amides is 2. The number of nitrogens with one attached hydrogen (secondary N) is 2. The van der Waals surface area contributed by atoms with E-state index in [4.69, 9.17) is 23.7 Å². The minimum Gasteiger partial charge on any atom is -0.355 e. The average molecular weight is 386 g/mol. The molecule has 9 nitrogen and oxygen atoms in total. The van der Waals surface area contributed by atoms with Gasteiger partial charge >= 0.3 is 0 Å². The molecule has 3 aliphatic heterocycles. The van der Waals surface area contributed by atoms with Gasteiger partial charge in [-0.3, -0.25) is 9.59 Å². The fourth-order valence-corrected chi connectivity index (χ4v) is 3.56. The van der Waals surface area contributed by atoms with Crippen LogP contribution in [0.4, 0.5) is 0 Å². The van der Waals surface area contributed by atoms with Gasteiger partial charge in [0.25, 0.3) is 5.91 Å². The van der Waals surface area contributed by atoms with E-state index in [9.17, 15) is 9.59 Å². The van der Waals surface area contributed by atoms with Gasteiger partial charge in [0.1, 0.15) is 18.3 Å². The van der Waals surface area contributed by atoms with Crippen LogP contribution in [0.15, 0.2) is 0 Å². The molecule has 0 unspecified atom stereocenters. The molecule has 0 radical (unpaired) electrons. The van der Waals surface area contributed by atoms with Crippen LogP contribution in [-0.4, -0.2) is 67.2 Å². The number of ether oxygens (including phenoxy) is 5. The van der Waals surface area contributed by atoms with Crippen LogP contribution in [0.2, 0.25) is 0 Å². The van der Waals surface area contributed by atoms with Crippen LogP contribution in [0.3, 0.4) is 0 Å². The van der Waals surface area contributed by atoms with E-state index in [0.29, 0.717) is 6.54 Å². The van der Waals surface area contributed by atoms with E-state index in [-0.39, 0.29) is 12.5 Å². The maximum Gasteiger partial charge on any atom is 0.252 e.